The van der Waals surface area contributed by atoms with E-state index in [0.29, 0.717) is 40.3 Å². The Morgan fingerprint density at radius 3 is 2.50 bits per heavy atom. The molecule has 4 aromatic rings. The third kappa shape index (κ3) is 4.47. The molecule has 5 rings (SSSR count). The van der Waals surface area contributed by atoms with Crippen molar-refractivity contribution in [2.75, 3.05) is 28.7 Å². The molecule has 10 nitrogen and oxygen atoms in total. The Morgan fingerprint density at radius 2 is 1.81 bits per heavy atom. The van der Waals surface area contributed by atoms with Crippen LogP contribution in [0.25, 0.3) is 22.3 Å². The van der Waals surface area contributed by atoms with Crippen LogP contribution in [0.15, 0.2) is 48.8 Å². The average molecular weight is 518 g/mol. The topological polar surface area (TPSA) is 125 Å². The van der Waals surface area contributed by atoms with Crippen LogP contribution in [0.4, 0.5) is 40.0 Å². The number of fused-ring (bicyclic) bond motifs is 1. The number of aromatic amines is 1. The zero-order valence-corrected chi connectivity index (χ0v) is 18.8. The second kappa shape index (κ2) is 9.00. The predicted octanol–water partition coefficient (Wildman–Crippen LogP) is 5.29. The van der Waals surface area contributed by atoms with Gasteiger partial charge in [-0.25, -0.2) is 19.6 Å². The summed E-state index contributed by atoms with van der Waals surface area (Å²) in [7, 11) is 0. The van der Waals surface area contributed by atoms with Crippen molar-refractivity contribution in [3.8, 4) is 11.3 Å². The molecule has 1 fully saturated rings. The minimum atomic E-state index is -4.65. The van der Waals surface area contributed by atoms with Gasteiger partial charge in [-0.15, -0.1) is 0 Å². The van der Waals surface area contributed by atoms with Crippen molar-refractivity contribution in [1.29, 1.82) is 0 Å². The molecule has 184 valence electrons. The van der Waals surface area contributed by atoms with Crippen molar-refractivity contribution in [2.45, 2.75) is 6.18 Å². The number of aromatic nitrogens is 4. The summed E-state index contributed by atoms with van der Waals surface area (Å²) in [6.45, 7) is 0.615. The van der Waals surface area contributed by atoms with Crippen LogP contribution in [0.2, 0.25) is 5.02 Å². The van der Waals surface area contributed by atoms with Crippen LogP contribution in [0.3, 0.4) is 0 Å². The minimum Gasteiger partial charge on any atom is -0.447 e. The summed E-state index contributed by atoms with van der Waals surface area (Å²) < 4.78 is 44.1. The highest BCUT2D eigenvalue weighted by Gasteiger charge is 2.33. The van der Waals surface area contributed by atoms with Crippen molar-refractivity contribution < 1.29 is 27.5 Å². The maximum atomic E-state index is 13.0. The Bertz CT molecular complexity index is 1470. The van der Waals surface area contributed by atoms with E-state index >= 15 is 0 Å². The smallest absolute Gasteiger partial charge is 0.417 e. The quantitative estimate of drug-likeness (QED) is 0.337. The van der Waals surface area contributed by atoms with Crippen LogP contribution in [0, 0.1) is 0 Å². The number of ether oxygens (including phenoxy) is 1. The first-order valence-electron chi connectivity index (χ1n) is 10.4. The van der Waals surface area contributed by atoms with Gasteiger partial charge in [-0.05, 0) is 30.3 Å². The number of nitrogens with one attached hydrogen (secondary N) is 3. The number of cyclic esters (lactones) is 1. The van der Waals surface area contributed by atoms with Gasteiger partial charge in [0.05, 0.1) is 17.1 Å². The van der Waals surface area contributed by atoms with Gasteiger partial charge in [0.25, 0.3) is 0 Å². The minimum absolute atomic E-state index is 0.0683. The number of rotatable bonds is 4. The molecule has 14 heteroatoms. The second-order valence-corrected chi connectivity index (χ2v) is 8.02. The van der Waals surface area contributed by atoms with Crippen molar-refractivity contribution in [2.24, 2.45) is 0 Å². The molecule has 1 aliphatic rings. The average Bonchev–Trinajstić information content (AvgIpc) is 3.46. The van der Waals surface area contributed by atoms with E-state index in [2.05, 4.69) is 30.8 Å². The number of halogens is 4. The van der Waals surface area contributed by atoms with E-state index in [-0.39, 0.29) is 12.3 Å². The zero-order chi connectivity index (χ0) is 25.4. The molecular formula is C22H15ClF3N7O3. The fourth-order valence-electron chi connectivity index (χ4n) is 3.64. The summed E-state index contributed by atoms with van der Waals surface area (Å²) in [5.41, 5.74) is 1.38. The number of hydrogen-bond acceptors (Lipinski definition) is 6. The molecule has 36 heavy (non-hydrogen) atoms. The summed E-state index contributed by atoms with van der Waals surface area (Å²) in [5, 5.41) is 11.6. The van der Waals surface area contributed by atoms with Gasteiger partial charge in [0.2, 0.25) is 0 Å². The van der Waals surface area contributed by atoms with Gasteiger partial charge >= 0.3 is 18.3 Å². The lowest BCUT2D eigenvalue weighted by Crippen LogP contribution is -2.24. The Labute approximate surface area is 205 Å². The lowest BCUT2D eigenvalue weighted by molar-refractivity contribution is -0.137. The molecule has 0 unspecified atom stereocenters. The fourth-order valence-corrected chi connectivity index (χ4v) is 3.87. The Morgan fingerprint density at radius 1 is 1.08 bits per heavy atom. The molecule has 0 atom stereocenters. The standard InChI is InChI=1S/C22H15ClF3N7O3/c23-15-6-5-13(9-14(15)22(24,25)26)30-20(34)29-12-3-1-11(2-4-12)16-17-18(32-31-16)19(28-10-27-17)33-7-8-36-21(33)35/h1-6,9-10H,7-8H2,(H,31,32)(H2,29,30,34). The van der Waals surface area contributed by atoms with E-state index in [1.165, 1.54) is 17.3 Å². The third-order valence-electron chi connectivity index (χ3n) is 5.29. The fraction of sp³-hybridized carbons (Fsp3) is 0.136. The largest absolute Gasteiger partial charge is 0.447 e. The molecule has 0 aliphatic carbocycles. The van der Waals surface area contributed by atoms with E-state index in [1.54, 1.807) is 24.3 Å². The number of H-pyrrole nitrogens is 1. The molecule has 1 saturated heterocycles. The number of carbonyl (C=O) groups is 2. The van der Waals surface area contributed by atoms with Crippen molar-refractivity contribution >= 4 is 52.0 Å². The van der Waals surface area contributed by atoms with Crippen molar-refractivity contribution in [3.63, 3.8) is 0 Å². The molecule has 3 amide bonds. The van der Waals surface area contributed by atoms with E-state index < -0.39 is 28.9 Å². The van der Waals surface area contributed by atoms with Crippen LogP contribution >= 0.6 is 11.6 Å². The molecule has 0 spiro atoms. The zero-order valence-electron chi connectivity index (χ0n) is 18.1. The molecular weight excluding hydrogens is 503 g/mol. The van der Waals surface area contributed by atoms with E-state index in [1.807, 2.05) is 0 Å². The number of anilines is 3. The Balaban J connectivity index is 1.32. The molecule has 0 bridgehead atoms. The van der Waals surface area contributed by atoms with Gasteiger partial charge < -0.3 is 15.4 Å². The first-order chi connectivity index (χ1) is 17.2. The second-order valence-electron chi connectivity index (χ2n) is 7.61. The highest BCUT2D eigenvalue weighted by atomic mass is 35.5. The number of carbonyl (C=O) groups excluding carboxylic acids is 2. The maximum Gasteiger partial charge on any atom is 0.417 e. The summed E-state index contributed by atoms with van der Waals surface area (Å²) in [4.78, 5) is 34.0. The third-order valence-corrected chi connectivity index (χ3v) is 5.62. The Hall–Kier alpha value is -4.39. The number of amides is 3. The predicted molar refractivity (Wildman–Crippen MR) is 125 cm³/mol. The molecule has 0 radical (unpaired) electrons. The lowest BCUT2D eigenvalue weighted by atomic mass is 10.1. The molecule has 3 N–H and O–H groups in total. The molecule has 2 aromatic heterocycles. The highest BCUT2D eigenvalue weighted by Crippen LogP contribution is 2.36. The van der Waals surface area contributed by atoms with Gasteiger partial charge in [-0.2, -0.15) is 18.3 Å². The van der Waals surface area contributed by atoms with Crippen LogP contribution in [-0.2, 0) is 10.9 Å². The normalized spacial score (nSPS) is 13.7. The number of alkyl halides is 3. The van der Waals surface area contributed by atoms with Crippen LogP contribution < -0.4 is 15.5 Å². The van der Waals surface area contributed by atoms with Crippen LogP contribution in [0.5, 0.6) is 0 Å². The molecule has 2 aromatic carbocycles. The van der Waals surface area contributed by atoms with Crippen LogP contribution in [0.1, 0.15) is 5.56 Å². The van der Waals surface area contributed by atoms with Gasteiger partial charge in [0, 0.05) is 16.9 Å². The number of benzene rings is 2. The van der Waals surface area contributed by atoms with Gasteiger partial charge in [-0.3, -0.25) is 10.00 Å². The number of nitrogens with zero attached hydrogens (tertiary/aromatic N) is 4. The van der Waals surface area contributed by atoms with Crippen molar-refractivity contribution in [1.82, 2.24) is 20.2 Å². The Kier molecular flexibility index (Phi) is 5.84. The lowest BCUT2D eigenvalue weighted by Gasteiger charge is -2.12. The first kappa shape index (κ1) is 23.4. The summed E-state index contributed by atoms with van der Waals surface area (Å²) in [6, 6.07) is 8.90. The van der Waals surface area contributed by atoms with Gasteiger partial charge in [0.1, 0.15) is 29.7 Å². The number of hydrogen-bond donors (Lipinski definition) is 3. The van der Waals surface area contributed by atoms with Gasteiger partial charge in [-0.1, -0.05) is 23.7 Å². The van der Waals surface area contributed by atoms with Crippen molar-refractivity contribution in [3.05, 3.63) is 59.4 Å². The first-order valence-corrected chi connectivity index (χ1v) is 10.8. The summed E-state index contributed by atoms with van der Waals surface area (Å²) >= 11 is 5.60. The van der Waals surface area contributed by atoms with Gasteiger partial charge in [0.15, 0.2) is 5.82 Å². The van der Waals surface area contributed by atoms with E-state index in [0.717, 1.165) is 12.1 Å². The maximum absolute atomic E-state index is 13.0. The van der Waals surface area contributed by atoms with E-state index in [9.17, 15) is 22.8 Å². The van der Waals surface area contributed by atoms with Crippen LogP contribution in [-0.4, -0.2) is 45.4 Å². The molecule has 3 heterocycles. The monoisotopic (exact) mass is 517 g/mol. The highest BCUT2D eigenvalue weighted by molar-refractivity contribution is 6.31. The SMILES string of the molecule is O=C(Nc1ccc(-c2n[nH]c3c(N4CCOC4=O)ncnc23)cc1)Nc1ccc(Cl)c(C(F)(F)F)c1. The molecule has 1 aliphatic heterocycles. The summed E-state index contributed by atoms with van der Waals surface area (Å²) in [6.07, 6.45) is -3.84. The number of urea groups is 1. The molecule has 0 saturated carbocycles. The summed E-state index contributed by atoms with van der Waals surface area (Å²) in [5.74, 6) is 0.354. The van der Waals surface area contributed by atoms with E-state index in [4.69, 9.17) is 16.3 Å².